The summed E-state index contributed by atoms with van der Waals surface area (Å²) in [6.07, 6.45) is 3.24. The van der Waals surface area contributed by atoms with Crippen LogP contribution in [0.2, 0.25) is 0 Å². The van der Waals surface area contributed by atoms with E-state index in [1.807, 2.05) is 0 Å². The molecule has 1 N–H and O–H groups in total. The standard InChI is InChI=1S/C14H20FNO2/c1-18-13-7-4-5-11(14(13)15)9-16-8-3-2-6-12(16)10-17/h4-5,7,12,17H,2-3,6,8-10H2,1H3. The summed E-state index contributed by atoms with van der Waals surface area (Å²) in [5.74, 6) is -0.00711. The molecular weight excluding hydrogens is 233 g/mol. The van der Waals surface area contributed by atoms with E-state index in [0.717, 1.165) is 25.8 Å². The van der Waals surface area contributed by atoms with Gasteiger partial charge in [-0.1, -0.05) is 18.6 Å². The molecule has 0 spiro atoms. The van der Waals surface area contributed by atoms with E-state index < -0.39 is 0 Å². The summed E-state index contributed by atoms with van der Waals surface area (Å²) in [6, 6.07) is 5.36. The molecule has 1 aromatic rings. The maximum Gasteiger partial charge on any atom is 0.169 e. The van der Waals surface area contributed by atoms with Crippen LogP contribution in [0, 0.1) is 5.82 Å². The van der Waals surface area contributed by atoms with Crippen LogP contribution < -0.4 is 4.74 Å². The van der Waals surface area contributed by atoms with Crippen LogP contribution in [0.3, 0.4) is 0 Å². The molecule has 1 aliphatic heterocycles. The predicted molar refractivity (Wildman–Crippen MR) is 68.1 cm³/mol. The van der Waals surface area contributed by atoms with E-state index in [-0.39, 0.29) is 24.2 Å². The maximum absolute atomic E-state index is 14.0. The van der Waals surface area contributed by atoms with Gasteiger partial charge in [-0.05, 0) is 25.5 Å². The lowest BCUT2D eigenvalue weighted by molar-refractivity contribution is 0.0830. The van der Waals surface area contributed by atoms with Crippen molar-refractivity contribution in [1.29, 1.82) is 0 Å². The van der Waals surface area contributed by atoms with Gasteiger partial charge in [-0.25, -0.2) is 4.39 Å². The summed E-state index contributed by atoms with van der Waals surface area (Å²) in [4.78, 5) is 2.15. The van der Waals surface area contributed by atoms with Gasteiger partial charge < -0.3 is 9.84 Å². The highest BCUT2D eigenvalue weighted by Crippen LogP contribution is 2.24. The van der Waals surface area contributed by atoms with Gasteiger partial charge in [-0.2, -0.15) is 0 Å². The van der Waals surface area contributed by atoms with E-state index in [1.54, 1.807) is 18.2 Å². The average Bonchev–Trinajstić information content (AvgIpc) is 2.42. The summed E-state index contributed by atoms with van der Waals surface area (Å²) < 4.78 is 19.0. The van der Waals surface area contributed by atoms with Crippen molar-refractivity contribution in [2.24, 2.45) is 0 Å². The average molecular weight is 253 g/mol. The summed E-state index contributed by atoms with van der Waals surface area (Å²) in [5, 5.41) is 9.35. The number of nitrogens with zero attached hydrogens (tertiary/aromatic N) is 1. The van der Waals surface area contributed by atoms with Gasteiger partial charge in [0, 0.05) is 18.2 Å². The summed E-state index contributed by atoms with van der Waals surface area (Å²) >= 11 is 0. The summed E-state index contributed by atoms with van der Waals surface area (Å²) in [5.41, 5.74) is 0.634. The molecule has 18 heavy (non-hydrogen) atoms. The van der Waals surface area contributed by atoms with Crippen LogP contribution in [0.1, 0.15) is 24.8 Å². The Hall–Kier alpha value is -1.13. The molecule has 4 heteroatoms. The van der Waals surface area contributed by atoms with Gasteiger partial charge in [0.2, 0.25) is 0 Å². The van der Waals surface area contributed by atoms with Crippen molar-refractivity contribution in [3.63, 3.8) is 0 Å². The minimum absolute atomic E-state index is 0.144. The Morgan fingerprint density at radius 2 is 2.28 bits per heavy atom. The largest absolute Gasteiger partial charge is 0.494 e. The van der Waals surface area contributed by atoms with Crippen LogP contribution in [0.5, 0.6) is 5.75 Å². The van der Waals surface area contributed by atoms with Gasteiger partial charge in [0.05, 0.1) is 13.7 Å². The minimum Gasteiger partial charge on any atom is -0.494 e. The number of ether oxygens (including phenoxy) is 1. The van der Waals surface area contributed by atoms with Crippen molar-refractivity contribution >= 4 is 0 Å². The molecule has 1 heterocycles. The molecular formula is C14H20FNO2. The van der Waals surface area contributed by atoms with Crippen LogP contribution in [0.4, 0.5) is 4.39 Å². The lowest BCUT2D eigenvalue weighted by Crippen LogP contribution is -2.41. The molecule has 1 saturated heterocycles. The lowest BCUT2D eigenvalue weighted by atomic mass is 10.0. The fourth-order valence-corrected chi connectivity index (χ4v) is 2.53. The number of likely N-dealkylation sites (tertiary alicyclic amines) is 1. The normalized spacial score (nSPS) is 20.9. The number of hydrogen-bond donors (Lipinski definition) is 1. The Bertz CT molecular complexity index is 397. The third kappa shape index (κ3) is 2.82. The zero-order chi connectivity index (χ0) is 13.0. The number of aliphatic hydroxyl groups excluding tert-OH is 1. The first-order valence-corrected chi connectivity index (χ1v) is 6.42. The first-order valence-electron chi connectivity index (χ1n) is 6.42. The second-order valence-corrected chi connectivity index (χ2v) is 4.74. The van der Waals surface area contributed by atoms with E-state index in [4.69, 9.17) is 4.74 Å². The Kier molecular flexibility index (Phi) is 4.55. The van der Waals surface area contributed by atoms with Gasteiger partial charge in [-0.15, -0.1) is 0 Å². The number of aliphatic hydroxyl groups is 1. The molecule has 0 amide bonds. The summed E-state index contributed by atoms with van der Waals surface area (Å²) in [6.45, 7) is 1.60. The molecule has 1 atom stereocenters. The van der Waals surface area contributed by atoms with Crippen molar-refractivity contribution < 1.29 is 14.2 Å². The van der Waals surface area contributed by atoms with Gasteiger partial charge in [0.25, 0.3) is 0 Å². The fraction of sp³-hybridized carbons (Fsp3) is 0.571. The predicted octanol–water partition coefficient (Wildman–Crippen LogP) is 2.18. The zero-order valence-electron chi connectivity index (χ0n) is 10.7. The Labute approximate surface area is 107 Å². The molecule has 2 rings (SSSR count). The number of hydrogen-bond acceptors (Lipinski definition) is 3. The molecule has 0 aromatic heterocycles. The molecule has 1 aliphatic rings. The second kappa shape index (κ2) is 6.16. The molecule has 0 aliphatic carbocycles. The Balaban J connectivity index is 2.12. The molecule has 0 saturated carbocycles. The Morgan fingerprint density at radius 1 is 1.44 bits per heavy atom. The molecule has 0 bridgehead atoms. The quantitative estimate of drug-likeness (QED) is 0.892. The SMILES string of the molecule is COc1cccc(CN2CCCCC2CO)c1F. The number of halogens is 1. The number of benzene rings is 1. The number of methoxy groups -OCH3 is 1. The van der Waals surface area contributed by atoms with Gasteiger partial charge in [0.15, 0.2) is 11.6 Å². The van der Waals surface area contributed by atoms with Gasteiger partial charge in [-0.3, -0.25) is 4.90 Å². The van der Waals surface area contributed by atoms with Gasteiger partial charge in [0.1, 0.15) is 0 Å². The second-order valence-electron chi connectivity index (χ2n) is 4.74. The first-order chi connectivity index (χ1) is 8.76. The van der Waals surface area contributed by atoms with E-state index in [9.17, 15) is 9.50 Å². The first kappa shape index (κ1) is 13.3. The van der Waals surface area contributed by atoms with Crippen LogP contribution in [0.15, 0.2) is 18.2 Å². The third-order valence-corrected chi connectivity index (χ3v) is 3.60. The molecule has 100 valence electrons. The summed E-state index contributed by atoms with van der Waals surface area (Å²) in [7, 11) is 1.47. The van der Waals surface area contributed by atoms with Crippen LogP contribution in [-0.2, 0) is 6.54 Å². The van der Waals surface area contributed by atoms with Crippen molar-refractivity contribution in [3.8, 4) is 5.75 Å². The highest BCUT2D eigenvalue weighted by atomic mass is 19.1. The fourth-order valence-electron chi connectivity index (χ4n) is 2.53. The monoisotopic (exact) mass is 253 g/mol. The van der Waals surface area contributed by atoms with E-state index in [1.165, 1.54) is 7.11 Å². The minimum atomic E-state index is -0.290. The molecule has 1 unspecified atom stereocenters. The van der Waals surface area contributed by atoms with Crippen LogP contribution in [-0.4, -0.2) is 36.3 Å². The topological polar surface area (TPSA) is 32.7 Å². The van der Waals surface area contributed by atoms with E-state index in [2.05, 4.69) is 4.90 Å². The third-order valence-electron chi connectivity index (χ3n) is 3.60. The van der Waals surface area contributed by atoms with Crippen LogP contribution >= 0.6 is 0 Å². The number of piperidine rings is 1. The zero-order valence-corrected chi connectivity index (χ0v) is 10.7. The van der Waals surface area contributed by atoms with Crippen molar-refractivity contribution in [2.45, 2.75) is 31.8 Å². The molecule has 1 fully saturated rings. The van der Waals surface area contributed by atoms with E-state index >= 15 is 0 Å². The van der Waals surface area contributed by atoms with Gasteiger partial charge >= 0.3 is 0 Å². The van der Waals surface area contributed by atoms with E-state index in [0.29, 0.717) is 12.1 Å². The lowest BCUT2D eigenvalue weighted by Gasteiger charge is -2.34. The maximum atomic E-state index is 14.0. The van der Waals surface area contributed by atoms with Crippen molar-refractivity contribution in [1.82, 2.24) is 4.90 Å². The van der Waals surface area contributed by atoms with Crippen LogP contribution in [0.25, 0.3) is 0 Å². The van der Waals surface area contributed by atoms with Crippen molar-refractivity contribution in [2.75, 3.05) is 20.3 Å². The molecule has 0 radical (unpaired) electrons. The molecule has 3 nitrogen and oxygen atoms in total. The smallest absolute Gasteiger partial charge is 0.169 e. The Morgan fingerprint density at radius 3 is 3.00 bits per heavy atom. The van der Waals surface area contributed by atoms with Crippen molar-refractivity contribution in [3.05, 3.63) is 29.6 Å². The highest BCUT2D eigenvalue weighted by Gasteiger charge is 2.23. The molecule has 1 aromatic carbocycles. The highest BCUT2D eigenvalue weighted by molar-refractivity contribution is 5.31. The number of rotatable bonds is 4.